The number of rotatable bonds is 6. The Morgan fingerprint density at radius 2 is 1.92 bits per heavy atom. The molecule has 0 saturated heterocycles. The molecule has 0 aliphatic heterocycles. The van der Waals surface area contributed by atoms with Gasteiger partial charge in [-0.05, 0) is 62.2 Å². The number of nitrogens with zero attached hydrogens (tertiary/aromatic N) is 1. The Labute approximate surface area is 175 Å². The zero-order valence-corrected chi connectivity index (χ0v) is 18.4. The van der Waals surface area contributed by atoms with E-state index in [1.165, 1.54) is 6.21 Å². The number of hydrogen-bond donors (Lipinski definition) is 1. The highest BCUT2D eigenvalue weighted by Crippen LogP contribution is 2.36. The van der Waals surface area contributed by atoms with Crippen LogP contribution in [0, 0.1) is 0 Å². The summed E-state index contributed by atoms with van der Waals surface area (Å²) >= 11 is 16.1. The minimum absolute atomic E-state index is 0.192. The van der Waals surface area contributed by atoms with Gasteiger partial charge in [-0.25, -0.2) is 5.43 Å². The van der Waals surface area contributed by atoms with Crippen molar-refractivity contribution >= 4 is 71.5 Å². The molecule has 1 amide bonds. The summed E-state index contributed by atoms with van der Waals surface area (Å²) in [5.41, 5.74) is 3.04. The predicted molar refractivity (Wildman–Crippen MR) is 109 cm³/mol. The van der Waals surface area contributed by atoms with Gasteiger partial charge in [0.15, 0.2) is 6.61 Å². The van der Waals surface area contributed by atoms with Crippen molar-refractivity contribution in [2.75, 3.05) is 13.7 Å². The van der Waals surface area contributed by atoms with Crippen LogP contribution in [0.1, 0.15) is 5.56 Å². The lowest BCUT2D eigenvalue weighted by Gasteiger charge is -2.10. The summed E-state index contributed by atoms with van der Waals surface area (Å²) in [6, 6.07) is 8.75. The van der Waals surface area contributed by atoms with E-state index in [0.29, 0.717) is 31.0 Å². The molecule has 0 heterocycles. The first-order valence-electron chi connectivity index (χ1n) is 6.83. The third kappa shape index (κ3) is 5.99. The van der Waals surface area contributed by atoms with Crippen molar-refractivity contribution < 1.29 is 14.3 Å². The molecular weight excluding hydrogens is 543 g/mol. The smallest absolute Gasteiger partial charge is 0.277 e. The molecule has 0 bridgehead atoms. The second-order valence-electron chi connectivity index (χ2n) is 4.67. The van der Waals surface area contributed by atoms with Gasteiger partial charge in [0.1, 0.15) is 11.5 Å². The van der Waals surface area contributed by atoms with Crippen molar-refractivity contribution in [1.82, 2.24) is 5.43 Å². The Kier molecular flexibility index (Phi) is 7.74. The summed E-state index contributed by atoms with van der Waals surface area (Å²) < 4.78 is 13.0. The summed E-state index contributed by atoms with van der Waals surface area (Å²) in [6.07, 6.45) is 1.45. The maximum atomic E-state index is 11.9. The Morgan fingerprint density at radius 3 is 2.56 bits per heavy atom. The Hall–Kier alpha value is -1.09. The summed E-state index contributed by atoms with van der Waals surface area (Å²) in [6.45, 7) is -0.192. The molecule has 5 nitrogen and oxygen atoms in total. The first-order valence-corrected chi connectivity index (χ1v) is 9.59. The molecule has 0 aliphatic rings. The highest BCUT2D eigenvalue weighted by molar-refractivity contribution is 9.11. The van der Waals surface area contributed by atoms with E-state index in [4.69, 9.17) is 21.1 Å². The van der Waals surface area contributed by atoms with Gasteiger partial charge in [0, 0.05) is 15.1 Å². The molecule has 2 aromatic rings. The zero-order valence-electron chi connectivity index (χ0n) is 12.9. The van der Waals surface area contributed by atoms with Crippen LogP contribution in [-0.2, 0) is 4.79 Å². The quantitative estimate of drug-likeness (QED) is 0.396. The molecule has 0 aromatic heterocycles. The number of carbonyl (C=O) groups is 1. The van der Waals surface area contributed by atoms with E-state index < -0.39 is 5.91 Å². The van der Waals surface area contributed by atoms with Crippen LogP contribution >= 0.6 is 59.4 Å². The zero-order chi connectivity index (χ0) is 18.4. The second-order valence-corrected chi connectivity index (χ2v) is 7.73. The van der Waals surface area contributed by atoms with Crippen LogP contribution in [0.5, 0.6) is 11.5 Å². The predicted octanol–water partition coefficient (Wildman–Crippen LogP) is 5.17. The highest BCUT2D eigenvalue weighted by atomic mass is 79.9. The summed E-state index contributed by atoms with van der Waals surface area (Å²) in [5.74, 6) is 0.721. The number of hydrazone groups is 1. The number of benzene rings is 2. The van der Waals surface area contributed by atoms with Gasteiger partial charge >= 0.3 is 0 Å². The fourth-order valence-corrected chi connectivity index (χ4v) is 4.48. The van der Waals surface area contributed by atoms with Crippen LogP contribution in [0.15, 0.2) is 48.9 Å². The normalized spacial score (nSPS) is 10.8. The number of hydrogen-bond acceptors (Lipinski definition) is 4. The number of halogens is 4. The van der Waals surface area contributed by atoms with Crippen molar-refractivity contribution in [3.8, 4) is 11.5 Å². The second kappa shape index (κ2) is 9.56. The Morgan fingerprint density at radius 1 is 1.24 bits per heavy atom. The van der Waals surface area contributed by atoms with E-state index in [-0.39, 0.29) is 6.61 Å². The van der Waals surface area contributed by atoms with Gasteiger partial charge in [-0.1, -0.05) is 27.5 Å². The Balaban J connectivity index is 1.94. The first-order chi connectivity index (χ1) is 11.9. The van der Waals surface area contributed by atoms with Crippen molar-refractivity contribution in [2.24, 2.45) is 5.10 Å². The van der Waals surface area contributed by atoms with Crippen LogP contribution in [0.25, 0.3) is 0 Å². The number of methoxy groups -OCH3 is 1. The van der Waals surface area contributed by atoms with Crippen LogP contribution in [0.4, 0.5) is 0 Å². The molecule has 1 N–H and O–H groups in total. The number of nitrogens with one attached hydrogen (secondary N) is 1. The largest absolute Gasteiger partial charge is 0.496 e. The van der Waals surface area contributed by atoms with Gasteiger partial charge in [0.2, 0.25) is 0 Å². The molecule has 0 atom stereocenters. The minimum Gasteiger partial charge on any atom is -0.496 e. The number of ether oxygens (including phenoxy) is 2. The fourth-order valence-electron chi connectivity index (χ4n) is 1.82. The van der Waals surface area contributed by atoms with Gasteiger partial charge in [0.25, 0.3) is 5.91 Å². The van der Waals surface area contributed by atoms with Crippen LogP contribution in [-0.4, -0.2) is 25.8 Å². The maximum absolute atomic E-state index is 11.9. The van der Waals surface area contributed by atoms with E-state index in [0.717, 1.165) is 4.47 Å². The monoisotopic (exact) mass is 552 g/mol. The molecule has 2 rings (SSSR count). The lowest BCUT2D eigenvalue weighted by Crippen LogP contribution is -2.24. The molecule has 0 unspecified atom stereocenters. The average molecular weight is 555 g/mol. The fraction of sp³-hybridized carbons (Fsp3) is 0.125. The summed E-state index contributed by atoms with van der Waals surface area (Å²) in [5, 5.41) is 4.43. The summed E-state index contributed by atoms with van der Waals surface area (Å²) in [7, 11) is 1.54. The topological polar surface area (TPSA) is 59.9 Å². The van der Waals surface area contributed by atoms with Crippen molar-refractivity contribution in [1.29, 1.82) is 0 Å². The SMILES string of the molecule is COc1ccc(Cl)cc1C=NNC(=O)COc1c(Br)cc(Br)cc1Br. The van der Waals surface area contributed by atoms with E-state index in [2.05, 4.69) is 58.3 Å². The molecule has 2 aromatic carbocycles. The maximum Gasteiger partial charge on any atom is 0.277 e. The molecule has 9 heteroatoms. The van der Waals surface area contributed by atoms with E-state index >= 15 is 0 Å². The molecule has 0 spiro atoms. The Bertz CT molecular complexity index is 792. The first kappa shape index (κ1) is 20.2. The van der Waals surface area contributed by atoms with Gasteiger partial charge in [0.05, 0.1) is 22.3 Å². The number of amides is 1. The molecule has 0 saturated carbocycles. The summed E-state index contributed by atoms with van der Waals surface area (Å²) in [4.78, 5) is 11.9. The third-order valence-electron chi connectivity index (χ3n) is 2.90. The van der Waals surface area contributed by atoms with Gasteiger partial charge in [-0.3, -0.25) is 4.79 Å². The molecule has 25 heavy (non-hydrogen) atoms. The molecule has 0 fully saturated rings. The molecular formula is C16H12Br3ClN2O3. The van der Waals surface area contributed by atoms with Gasteiger partial charge in [-0.2, -0.15) is 5.10 Å². The van der Waals surface area contributed by atoms with Crippen LogP contribution in [0.3, 0.4) is 0 Å². The molecule has 132 valence electrons. The molecule has 0 radical (unpaired) electrons. The van der Waals surface area contributed by atoms with Crippen LogP contribution < -0.4 is 14.9 Å². The lowest BCUT2D eigenvalue weighted by molar-refractivity contribution is -0.123. The highest BCUT2D eigenvalue weighted by Gasteiger charge is 2.10. The average Bonchev–Trinajstić information content (AvgIpc) is 2.54. The van der Waals surface area contributed by atoms with E-state index in [1.807, 2.05) is 12.1 Å². The standard InChI is InChI=1S/C16H12Br3ClN2O3/c1-24-14-3-2-11(20)4-9(14)7-21-22-15(23)8-25-16-12(18)5-10(17)6-13(16)19/h2-7H,8H2,1H3,(H,22,23). The number of carbonyl (C=O) groups excluding carboxylic acids is 1. The van der Waals surface area contributed by atoms with Crippen molar-refractivity contribution in [3.05, 3.63) is 54.3 Å². The van der Waals surface area contributed by atoms with Crippen molar-refractivity contribution in [3.63, 3.8) is 0 Å². The van der Waals surface area contributed by atoms with Crippen molar-refractivity contribution in [2.45, 2.75) is 0 Å². The molecule has 0 aliphatic carbocycles. The van der Waals surface area contributed by atoms with E-state index in [9.17, 15) is 4.79 Å². The third-order valence-corrected chi connectivity index (χ3v) is 4.77. The minimum atomic E-state index is -0.404. The van der Waals surface area contributed by atoms with Crippen LogP contribution in [0.2, 0.25) is 5.02 Å². The lowest BCUT2D eigenvalue weighted by atomic mass is 10.2. The van der Waals surface area contributed by atoms with Gasteiger partial charge in [-0.15, -0.1) is 0 Å². The van der Waals surface area contributed by atoms with E-state index in [1.54, 1.807) is 25.3 Å². The van der Waals surface area contributed by atoms with Gasteiger partial charge < -0.3 is 9.47 Å².